The molecule has 1 atom stereocenters. The predicted octanol–water partition coefficient (Wildman–Crippen LogP) is -0.0755. The minimum atomic E-state index is -1.29. The Labute approximate surface area is 69.4 Å². The number of esters is 1. The van der Waals surface area contributed by atoms with Crippen LogP contribution in [0.25, 0.3) is 0 Å². The number of ether oxygens (including phenoxy) is 1. The molecule has 0 aliphatic rings. The molecule has 1 heterocycles. The number of aryl methyl sites for hydroxylation is 1. The van der Waals surface area contributed by atoms with Gasteiger partial charge in [-0.25, -0.2) is 9.78 Å². The second-order valence-electron chi connectivity index (χ2n) is 2.34. The number of H-pyrrole nitrogens is 1. The molecule has 1 aromatic rings. The molecule has 0 aliphatic heterocycles. The van der Waals surface area contributed by atoms with Crippen molar-refractivity contribution in [2.75, 3.05) is 7.11 Å². The van der Waals surface area contributed by atoms with Gasteiger partial charge in [-0.15, -0.1) is 0 Å². The first-order chi connectivity index (χ1) is 5.66. The highest BCUT2D eigenvalue weighted by molar-refractivity contribution is 5.75. The Kier molecular flexibility index (Phi) is 2.44. The normalized spacial score (nSPS) is 12.6. The maximum atomic E-state index is 10.8. The summed E-state index contributed by atoms with van der Waals surface area (Å²) >= 11 is 0. The van der Waals surface area contributed by atoms with Crippen LogP contribution in [0.1, 0.15) is 17.5 Å². The van der Waals surface area contributed by atoms with Crippen molar-refractivity contribution in [3.05, 3.63) is 17.7 Å². The number of methoxy groups -OCH3 is 1. The average molecular weight is 170 g/mol. The van der Waals surface area contributed by atoms with Crippen LogP contribution in [0.4, 0.5) is 0 Å². The summed E-state index contributed by atoms with van der Waals surface area (Å²) in [6.45, 7) is 1.72. The molecular formula is C7H10N2O3. The summed E-state index contributed by atoms with van der Waals surface area (Å²) in [7, 11) is 1.22. The van der Waals surface area contributed by atoms with Gasteiger partial charge in [0.2, 0.25) is 0 Å². The lowest BCUT2D eigenvalue weighted by atomic mass is 10.2. The van der Waals surface area contributed by atoms with Crippen molar-refractivity contribution in [3.8, 4) is 0 Å². The van der Waals surface area contributed by atoms with Gasteiger partial charge in [0.15, 0.2) is 6.10 Å². The van der Waals surface area contributed by atoms with Crippen LogP contribution in [0, 0.1) is 6.92 Å². The highest BCUT2D eigenvalue weighted by Gasteiger charge is 2.21. The highest BCUT2D eigenvalue weighted by atomic mass is 16.5. The Hall–Kier alpha value is -1.36. The van der Waals surface area contributed by atoms with Gasteiger partial charge < -0.3 is 14.8 Å². The zero-order valence-electron chi connectivity index (χ0n) is 6.87. The summed E-state index contributed by atoms with van der Waals surface area (Å²) in [5.74, 6) is -0.704. The standard InChI is InChI=1S/C7H10N2O3/c1-4-5(9-3-8-4)6(10)7(11)12-2/h3,6,10H,1-2H3,(H,8,9). The van der Waals surface area contributed by atoms with E-state index in [1.165, 1.54) is 13.4 Å². The van der Waals surface area contributed by atoms with Gasteiger partial charge in [0.25, 0.3) is 0 Å². The number of nitrogens with one attached hydrogen (secondary N) is 1. The quantitative estimate of drug-likeness (QED) is 0.609. The number of hydrogen-bond donors (Lipinski definition) is 2. The third kappa shape index (κ3) is 1.45. The van der Waals surface area contributed by atoms with Crippen molar-refractivity contribution in [1.29, 1.82) is 0 Å². The summed E-state index contributed by atoms with van der Waals surface area (Å²) < 4.78 is 4.35. The zero-order chi connectivity index (χ0) is 9.14. The van der Waals surface area contributed by atoms with E-state index in [4.69, 9.17) is 0 Å². The van der Waals surface area contributed by atoms with Gasteiger partial charge in [0.05, 0.1) is 13.4 Å². The van der Waals surface area contributed by atoms with Crippen molar-refractivity contribution in [3.63, 3.8) is 0 Å². The summed E-state index contributed by atoms with van der Waals surface area (Å²) in [4.78, 5) is 17.4. The fraction of sp³-hybridized carbons (Fsp3) is 0.429. The van der Waals surface area contributed by atoms with Gasteiger partial charge in [0.1, 0.15) is 5.69 Å². The number of rotatable bonds is 2. The van der Waals surface area contributed by atoms with E-state index in [1.54, 1.807) is 6.92 Å². The largest absolute Gasteiger partial charge is 0.467 e. The Bertz CT molecular complexity index is 282. The van der Waals surface area contributed by atoms with Crippen LogP contribution >= 0.6 is 0 Å². The van der Waals surface area contributed by atoms with E-state index in [0.717, 1.165) is 0 Å². The lowest BCUT2D eigenvalue weighted by Gasteiger charge is -2.05. The Morgan fingerprint density at radius 1 is 1.83 bits per heavy atom. The van der Waals surface area contributed by atoms with Gasteiger partial charge in [0, 0.05) is 5.69 Å². The predicted molar refractivity (Wildman–Crippen MR) is 40.3 cm³/mol. The number of hydrogen-bond acceptors (Lipinski definition) is 4. The van der Waals surface area contributed by atoms with E-state index in [0.29, 0.717) is 11.4 Å². The van der Waals surface area contributed by atoms with Crippen LogP contribution in [0.15, 0.2) is 6.33 Å². The minimum absolute atomic E-state index is 0.307. The molecular weight excluding hydrogens is 160 g/mol. The number of nitrogens with zero attached hydrogens (tertiary/aromatic N) is 1. The number of carbonyl (C=O) groups is 1. The maximum Gasteiger partial charge on any atom is 0.341 e. The number of imidazole rings is 1. The first kappa shape index (κ1) is 8.73. The van der Waals surface area contributed by atoms with Crippen molar-refractivity contribution < 1.29 is 14.6 Å². The SMILES string of the molecule is COC(=O)C(O)c1nc[nH]c1C. The molecule has 1 rings (SSSR count). The molecule has 0 saturated heterocycles. The van der Waals surface area contributed by atoms with Crippen LogP contribution in [0.5, 0.6) is 0 Å². The highest BCUT2D eigenvalue weighted by Crippen LogP contribution is 2.13. The third-order valence-corrected chi connectivity index (χ3v) is 1.55. The van der Waals surface area contributed by atoms with E-state index >= 15 is 0 Å². The molecule has 12 heavy (non-hydrogen) atoms. The summed E-state index contributed by atoms with van der Waals surface area (Å²) in [6.07, 6.45) is 0.123. The molecule has 0 bridgehead atoms. The first-order valence-electron chi connectivity index (χ1n) is 3.42. The van der Waals surface area contributed by atoms with E-state index in [9.17, 15) is 9.90 Å². The molecule has 0 fully saturated rings. The van der Waals surface area contributed by atoms with E-state index in [2.05, 4.69) is 14.7 Å². The topological polar surface area (TPSA) is 75.2 Å². The number of aromatic amines is 1. The summed E-state index contributed by atoms with van der Waals surface area (Å²) in [6, 6.07) is 0. The molecule has 5 nitrogen and oxygen atoms in total. The molecule has 0 aromatic carbocycles. The van der Waals surface area contributed by atoms with Crippen LogP contribution in [0.2, 0.25) is 0 Å². The molecule has 0 radical (unpaired) electrons. The van der Waals surface area contributed by atoms with E-state index in [-0.39, 0.29) is 0 Å². The summed E-state index contributed by atoms with van der Waals surface area (Å²) in [5.41, 5.74) is 0.967. The molecule has 66 valence electrons. The lowest BCUT2D eigenvalue weighted by molar-refractivity contribution is -0.150. The molecule has 5 heteroatoms. The fourth-order valence-corrected chi connectivity index (χ4v) is 0.868. The van der Waals surface area contributed by atoms with Crippen molar-refractivity contribution in [1.82, 2.24) is 9.97 Å². The van der Waals surface area contributed by atoms with Crippen molar-refractivity contribution >= 4 is 5.97 Å². The molecule has 0 aliphatic carbocycles. The van der Waals surface area contributed by atoms with Crippen LogP contribution in [-0.2, 0) is 9.53 Å². The Morgan fingerprint density at radius 2 is 2.50 bits per heavy atom. The third-order valence-electron chi connectivity index (χ3n) is 1.55. The average Bonchev–Trinajstić information content (AvgIpc) is 2.48. The van der Waals surface area contributed by atoms with Gasteiger partial charge in [-0.2, -0.15) is 0 Å². The Morgan fingerprint density at radius 3 is 2.92 bits per heavy atom. The van der Waals surface area contributed by atoms with Gasteiger partial charge in [-0.1, -0.05) is 0 Å². The second kappa shape index (κ2) is 3.36. The minimum Gasteiger partial charge on any atom is -0.467 e. The van der Waals surface area contributed by atoms with Gasteiger partial charge >= 0.3 is 5.97 Å². The zero-order valence-corrected chi connectivity index (χ0v) is 6.87. The van der Waals surface area contributed by atoms with E-state index < -0.39 is 12.1 Å². The Balaban J connectivity index is 2.84. The molecule has 1 unspecified atom stereocenters. The summed E-state index contributed by atoms with van der Waals surface area (Å²) in [5, 5.41) is 9.30. The second-order valence-corrected chi connectivity index (χ2v) is 2.34. The number of aromatic nitrogens is 2. The lowest BCUT2D eigenvalue weighted by Crippen LogP contribution is -2.14. The van der Waals surface area contributed by atoms with Gasteiger partial charge in [-0.05, 0) is 6.92 Å². The number of aliphatic hydroxyl groups excluding tert-OH is 1. The monoisotopic (exact) mass is 170 g/mol. The van der Waals surface area contributed by atoms with Gasteiger partial charge in [-0.3, -0.25) is 0 Å². The molecule has 0 saturated carbocycles. The molecule has 0 spiro atoms. The van der Waals surface area contributed by atoms with E-state index in [1.807, 2.05) is 0 Å². The molecule has 1 aromatic heterocycles. The van der Waals surface area contributed by atoms with Crippen LogP contribution < -0.4 is 0 Å². The van der Waals surface area contributed by atoms with Crippen LogP contribution in [0.3, 0.4) is 0 Å². The molecule has 2 N–H and O–H groups in total. The van der Waals surface area contributed by atoms with Crippen molar-refractivity contribution in [2.24, 2.45) is 0 Å². The maximum absolute atomic E-state index is 10.8. The fourth-order valence-electron chi connectivity index (χ4n) is 0.868. The van der Waals surface area contributed by atoms with Crippen molar-refractivity contribution in [2.45, 2.75) is 13.0 Å². The molecule has 0 amide bonds. The number of aliphatic hydroxyl groups is 1. The first-order valence-corrected chi connectivity index (χ1v) is 3.42. The number of carbonyl (C=O) groups excluding carboxylic acids is 1. The smallest absolute Gasteiger partial charge is 0.341 e. The van der Waals surface area contributed by atoms with Crippen LogP contribution in [-0.4, -0.2) is 28.2 Å².